The number of rotatable bonds is 12. The summed E-state index contributed by atoms with van der Waals surface area (Å²) in [6.07, 6.45) is 4.06. The van der Waals surface area contributed by atoms with Gasteiger partial charge in [0, 0.05) is 24.6 Å². The van der Waals surface area contributed by atoms with E-state index in [1.54, 1.807) is 0 Å². The maximum absolute atomic E-state index is 10.7. The second-order valence-corrected chi connectivity index (χ2v) is 5.34. The summed E-state index contributed by atoms with van der Waals surface area (Å²) in [5.41, 5.74) is 2.08. The Labute approximate surface area is 129 Å². The number of hydrogen-bond donors (Lipinski definition) is 2. The van der Waals surface area contributed by atoms with Crippen molar-refractivity contribution in [3.05, 3.63) is 11.1 Å². The third-order valence-electron chi connectivity index (χ3n) is 3.01. The third-order valence-corrected chi connectivity index (χ3v) is 3.54. The molecular weight excluding hydrogens is 303 g/mol. The van der Waals surface area contributed by atoms with Crippen molar-refractivity contribution in [2.45, 2.75) is 51.4 Å². The van der Waals surface area contributed by atoms with Gasteiger partial charge in [0.2, 0.25) is 0 Å². The molecule has 0 saturated heterocycles. The molecule has 0 rings (SSSR count). The first-order valence-corrected chi connectivity index (χ1v) is 7.83. The Morgan fingerprint density at radius 1 is 0.650 bits per heavy atom. The molecule has 0 spiro atoms. The molecule has 0 radical (unpaired) electrons. The van der Waals surface area contributed by atoms with E-state index in [1.807, 2.05) is 0 Å². The molecule has 0 aliphatic carbocycles. The van der Waals surface area contributed by atoms with Crippen molar-refractivity contribution in [2.75, 3.05) is 11.8 Å². The average molecular weight is 325 g/mol. The second-order valence-electron chi connectivity index (χ2n) is 4.58. The summed E-state index contributed by atoms with van der Waals surface area (Å²) in [4.78, 5) is 21.4. The van der Waals surface area contributed by atoms with E-state index in [-0.39, 0.29) is 12.8 Å². The summed E-state index contributed by atoms with van der Waals surface area (Å²) in [5.74, 6) is -0.664. The molecule has 0 aromatic heterocycles. The smallest absolute Gasteiger partial charge is 0.303 e. The molecule has 0 saturated carbocycles. The van der Waals surface area contributed by atoms with Crippen molar-refractivity contribution in [3.63, 3.8) is 0 Å². The van der Waals surface area contributed by atoms with E-state index < -0.39 is 11.9 Å². The van der Waals surface area contributed by atoms with Crippen LogP contribution in [0.3, 0.4) is 0 Å². The highest BCUT2D eigenvalue weighted by molar-refractivity contribution is 6.18. The van der Waals surface area contributed by atoms with Gasteiger partial charge in [-0.3, -0.25) is 9.59 Å². The minimum Gasteiger partial charge on any atom is -0.481 e. The molecule has 0 aliphatic rings. The van der Waals surface area contributed by atoms with Gasteiger partial charge < -0.3 is 10.2 Å². The Balaban J connectivity index is 4.88. The molecule has 2 N–H and O–H groups in total. The maximum Gasteiger partial charge on any atom is 0.303 e. The lowest BCUT2D eigenvalue weighted by molar-refractivity contribution is -0.138. The first kappa shape index (κ1) is 19.3. The normalized spacial score (nSPS) is 12.1. The number of carbonyl (C=O) groups is 2. The molecule has 0 amide bonds. The van der Waals surface area contributed by atoms with E-state index in [9.17, 15) is 9.59 Å². The molecule has 0 aromatic rings. The molecule has 0 fully saturated rings. The molecule has 0 unspecified atom stereocenters. The Morgan fingerprint density at radius 2 is 1.00 bits per heavy atom. The van der Waals surface area contributed by atoms with Crippen LogP contribution in [0.5, 0.6) is 0 Å². The van der Waals surface area contributed by atoms with E-state index in [1.165, 1.54) is 0 Å². The van der Waals surface area contributed by atoms with Crippen molar-refractivity contribution >= 4 is 35.1 Å². The number of aliphatic carboxylic acids is 2. The summed E-state index contributed by atoms with van der Waals surface area (Å²) < 4.78 is 0. The van der Waals surface area contributed by atoms with Gasteiger partial charge in [0.1, 0.15) is 0 Å². The van der Waals surface area contributed by atoms with E-state index in [2.05, 4.69) is 0 Å². The number of hydrogen-bond acceptors (Lipinski definition) is 2. The lowest BCUT2D eigenvalue weighted by Gasteiger charge is -2.14. The van der Waals surface area contributed by atoms with E-state index >= 15 is 0 Å². The molecular formula is C14H22Cl2O4. The van der Waals surface area contributed by atoms with E-state index in [0.717, 1.165) is 36.8 Å². The van der Waals surface area contributed by atoms with Crippen molar-refractivity contribution in [3.8, 4) is 0 Å². The molecule has 20 heavy (non-hydrogen) atoms. The highest BCUT2D eigenvalue weighted by Gasteiger charge is 2.11. The quantitative estimate of drug-likeness (QED) is 0.419. The Bertz CT molecular complexity index is 308. The summed E-state index contributed by atoms with van der Waals surface area (Å²) in [6.45, 7) is 0. The zero-order valence-electron chi connectivity index (χ0n) is 11.5. The largest absolute Gasteiger partial charge is 0.481 e. The predicted molar refractivity (Wildman–Crippen MR) is 80.7 cm³/mol. The minimum absolute atomic E-state index is 0.0645. The van der Waals surface area contributed by atoms with Crippen LogP contribution in [0, 0.1) is 0 Å². The van der Waals surface area contributed by atoms with E-state index in [0.29, 0.717) is 24.6 Å². The molecule has 0 bridgehead atoms. The van der Waals surface area contributed by atoms with Gasteiger partial charge in [-0.2, -0.15) is 0 Å². The monoisotopic (exact) mass is 324 g/mol. The van der Waals surface area contributed by atoms with Gasteiger partial charge in [-0.25, -0.2) is 0 Å². The molecule has 0 heterocycles. The first-order chi connectivity index (χ1) is 9.51. The Hall–Kier alpha value is -0.740. The summed E-state index contributed by atoms with van der Waals surface area (Å²) in [5, 5.41) is 17.6. The second kappa shape index (κ2) is 12.0. The summed E-state index contributed by atoms with van der Waals surface area (Å²) >= 11 is 11.4. The molecule has 116 valence electrons. The molecule has 0 aromatic carbocycles. The SMILES string of the molecule is O=C(O)CC/C(CCCCl)=C(\CCCCl)CCC(=O)O. The number of allylic oxidation sites excluding steroid dienone is 2. The van der Waals surface area contributed by atoms with Crippen LogP contribution in [0.2, 0.25) is 0 Å². The van der Waals surface area contributed by atoms with Crippen LogP contribution < -0.4 is 0 Å². The fourth-order valence-corrected chi connectivity index (χ4v) is 2.30. The summed E-state index contributed by atoms with van der Waals surface area (Å²) in [7, 11) is 0. The maximum atomic E-state index is 10.7. The van der Waals surface area contributed by atoms with Gasteiger partial charge in [0.15, 0.2) is 0 Å². The molecule has 0 aliphatic heterocycles. The van der Waals surface area contributed by atoms with E-state index in [4.69, 9.17) is 33.4 Å². The van der Waals surface area contributed by atoms with Crippen molar-refractivity contribution in [1.82, 2.24) is 0 Å². The molecule has 4 nitrogen and oxygen atoms in total. The highest BCUT2D eigenvalue weighted by Crippen LogP contribution is 2.25. The van der Waals surface area contributed by atoms with Gasteiger partial charge >= 0.3 is 11.9 Å². The lowest BCUT2D eigenvalue weighted by atomic mass is 9.93. The first-order valence-electron chi connectivity index (χ1n) is 6.76. The van der Waals surface area contributed by atoms with Crippen LogP contribution >= 0.6 is 23.2 Å². The van der Waals surface area contributed by atoms with Gasteiger partial charge in [-0.05, 0) is 38.5 Å². The number of halogens is 2. The highest BCUT2D eigenvalue weighted by atomic mass is 35.5. The van der Waals surface area contributed by atoms with Gasteiger partial charge in [-0.15, -0.1) is 23.2 Å². The molecule has 6 heteroatoms. The van der Waals surface area contributed by atoms with Crippen molar-refractivity contribution < 1.29 is 19.8 Å². The Kier molecular flexibility index (Phi) is 11.6. The van der Waals surface area contributed by atoms with Crippen LogP contribution in [-0.2, 0) is 9.59 Å². The van der Waals surface area contributed by atoms with Crippen LogP contribution in [0.15, 0.2) is 11.1 Å². The average Bonchev–Trinajstić information content (AvgIpc) is 2.39. The van der Waals surface area contributed by atoms with Gasteiger partial charge in [0.25, 0.3) is 0 Å². The van der Waals surface area contributed by atoms with Gasteiger partial charge in [0.05, 0.1) is 0 Å². The number of carboxylic acid groups (broad SMARTS) is 2. The lowest BCUT2D eigenvalue weighted by Crippen LogP contribution is -2.03. The van der Waals surface area contributed by atoms with Crippen LogP contribution in [0.1, 0.15) is 51.4 Å². The van der Waals surface area contributed by atoms with Crippen LogP contribution in [-0.4, -0.2) is 33.9 Å². The fraction of sp³-hybridized carbons (Fsp3) is 0.714. The fourth-order valence-electron chi connectivity index (χ4n) is 2.03. The minimum atomic E-state index is -0.844. The summed E-state index contributed by atoms with van der Waals surface area (Å²) in [6, 6.07) is 0. The molecule has 0 atom stereocenters. The van der Waals surface area contributed by atoms with Crippen molar-refractivity contribution in [2.24, 2.45) is 0 Å². The van der Waals surface area contributed by atoms with Crippen molar-refractivity contribution in [1.29, 1.82) is 0 Å². The van der Waals surface area contributed by atoms with Crippen LogP contribution in [0.25, 0.3) is 0 Å². The number of alkyl halides is 2. The topological polar surface area (TPSA) is 74.6 Å². The number of carboxylic acids is 2. The Morgan fingerprint density at radius 3 is 1.25 bits per heavy atom. The van der Waals surface area contributed by atoms with Gasteiger partial charge in [-0.1, -0.05) is 11.1 Å². The van der Waals surface area contributed by atoms with Crippen LogP contribution in [0.4, 0.5) is 0 Å². The third kappa shape index (κ3) is 10.1. The predicted octanol–water partition coefficient (Wildman–Crippen LogP) is 4.05. The zero-order chi connectivity index (χ0) is 15.4. The zero-order valence-corrected chi connectivity index (χ0v) is 13.0. The standard InChI is InChI=1S/C14H22Cl2O4/c15-9-1-3-11(5-7-13(17)18)12(4-2-10-16)6-8-14(19)20/h1-10H2,(H,17,18)(H,19,20)/b12-11+.